The lowest BCUT2D eigenvalue weighted by atomic mass is 9.84. The number of hydrogen-bond donors (Lipinski definition) is 2. The van der Waals surface area contributed by atoms with E-state index in [9.17, 15) is 9.90 Å². The second-order valence-corrected chi connectivity index (χ2v) is 7.56. The van der Waals surface area contributed by atoms with E-state index in [0.29, 0.717) is 17.4 Å². The largest absolute Gasteiger partial charge is 0.480 e. The van der Waals surface area contributed by atoms with Crippen molar-refractivity contribution in [1.29, 1.82) is 0 Å². The van der Waals surface area contributed by atoms with Crippen LogP contribution in [0.2, 0.25) is 5.02 Å². The summed E-state index contributed by atoms with van der Waals surface area (Å²) in [5.41, 5.74) is 2.38. The van der Waals surface area contributed by atoms with Gasteiger partial charge < -0.3 is 5.11 Å². The van der Waals surface area contributed by atoms with Crippen LogP contribution in [0.1, 0.15) is 51.3 Å². The van der Waals surface area contributed by atoms with Gasteiger partial charge in [-0.25, -0.2) is 0 Å². The Balaban J connectivity index is 2.29. The van der Waals surface area contributed by atoms with Crippen molar-refractivity contribution < 1.29 is 9.90 Å². The number of carboxylic acid groups (broad SMARTS) is 1. The molecular formula is C17H24ClNO2. The molecule has 4 heteroatoms. The molecule has 0 spiro atoms. The number of hydrogen-bond acceptors (Lipinski definition) is 2. The maximum Gasteiger partial charge on any atom is 0.320 e. The minimum absolute atomic E-state index is 0.0162. The SMILES string of the molecule is CC(C)CC(NC1c2cc(Cl)ccc2CC1(C)C)C(=O)O. The Morgan fingerprint density at radius 2 is 2.14 bits per heavy atom. The van der Waals surface area contributed by atoms with Gasteiger partial charge in [-0.15, -0.1) is 0 Å². The van der Waals surface area contributed by atoms with Gasteiger partial charge in [0.1, 0.15) is 6.04 Å². The number of benzene rings is 1. The van der Waals surface area contributed by atoms with E-state index < -0.39 is 12.0 Å². The Kier molecular flexibility index (Phi) is 4.64. The van der Waals surface area contributed by atoms with E-state index in [2.05, 4.69) is 25.2 Å². The van der Waals surface area contributed by atoms with E-state index in [4.69, 9.17) is 11.6 Å². The van der Waals surface area contributed by atoms with E-state index in [1.165, 1.54) is 5.56 Å². The van der Waals surface area contributed by atoms with Crippen LogP contribution in [0.4, 0.5) is 0 Å². The van der Waals surface area contributed by atoms with Crippen molar-refractivity contribution in [3.05, 3.63) is 34.3 Å². The third-order valence-corrected chi connectivity index (χ3v) is 4.45. The van der Waals surface area contributed by atoms with E-state index in [-0.39, 0.29) is 11.5 Å². The van der Waals surface area contributed by atoms with Crippen molar-refractivity contribution in [1.82, 2.24) is 5.32 Å². The van der Waals surface area contributed by atoms with Crippen LogP contribution in [0.15, 0.2) is 18.2 Å². The van der Waals surface area contributed by atoms with Gasteiger partial charge in [0.25, 0.3) is 0 Å². The summed E-state index contributed by atoms with van der Waals surface area (Å²) in [5, 5.41) is 13.5. The lowest BCUT2D eigenvalue weighted by Gasteiger charge is -2.32. The molecule has 1 aliphatic carbocycles. The van der Waals surface area contributed by atoms with Crippen LogP contribution in [-0.4, -0.2) is 17.1 Å². The van der Waals surface area contributed by atoms with Gasteiger partial charge in [-0.1, -0.05) is 45.4 Å². The standard InChI is InChI=1S/C17H24ClNO2/c1-10(2)7-14(16(20)21)19-15-13-8-12(18)6-5-11(13)9-17(15,3)4/h5-6,8,10,14-15,19H,7,9H2,1-4H3,(H,20,21). The van der Waals surface area contributed by atoms with E-state index >= 15 is 0 Å². The molecule has 2 N–H and O–H groups in total. The molecule has 0 saturated carbocycles. The van der Waals surface area contributed by atoms with Crippen LogP contribution < -0.4 is 5.32 Å². The first-order valence-electron chi connectivity index (χ1n) is 7.48. The third kappa shape index (κ3) is 3.58. The number of fused-ring (bicyclic) bond motifs is 1. The molecule has 1 aromatic rings. The summed E-state index contributed by atoms with van der Waals surface area (Å²) >= 11 is 6.12. The first-order chi connectivity index (χ1) is 9.70. The number of nitrogens with one attached hydrogen (secondary N) is 1. The molecule has 3 nitrogen and oxygen atoms in total. The highest BCUT2D eigenvalue weighted by atomic mass is 35.5. The van der Waals surface area contributed by atoms with Crippen LogP contribution >= 0.6 is 11.6 Å². The Morgan fingerprint density at radius 3 is 2.71 bits per heavy atom. The van der Waals surface area contributed by atoms with Gasteiger partial charge in [-0.3, -0.25) is 10.1 Å². The molecule has 0 aliphatic heterocycles. The Bertz CT molecular complexity index is 540. The Morgan fingerprint density at radius 1 is 1.48 bits per heavy atom. The van der Waals surface area contributed by atoms with Crippen LogP contribution in [0.25, 0.3) is 0 Å². The smallest absolute Gasteiger partial charge is 0.320 e. The van der Waals surface area contributed by atoms with Crippen molar-refractivity contribution in [3.63, 3.8) is 0 Å². The first-order valence-corrected chi connectivity index (χ1v) is 7.85. The predicted molar refractivity (Wildman–Crippen MR) is 85.7 cm³/mol. The zero-order valence-corrected chi connectivity index (χ0v) is 13.9. The van der Waals surface area contributed by atoms with Gasteiger partial charge in [0.15, 0.2) is 0 Å². The summed E-state index contributed by atoms with van der Waals surface area (Å²) in [6.07, 6.45) is 1.56. The predicted octanol–water partition coefficient (Wildman–Crippen LogP) is 4.05. The number of halogens is 1. The number of carbonyl (C=O) groups is 1. The van der Waals surface area contributed by atoms with Crippen molar-refractivity contribution in [2.45, 2.75) is 52.6 Å². The molecule has 1 aliphatic rings. The fourth-order valence-corrected chi connectivity index (χ4v) is 3.42. The molecule has 2 atom stereocenters. The maximum absolute atomic E-state index is 11.5. The summed E-state index contributed by atoms with van der Waals surface area (Å²) in [6.45, 7) is 8.43. The van der Waals surface area contributed by atoms with Crippen LogP contribution in [0.5, 0.6) is 0 Å². The van der Waals surface area contributed by atoms with Crippen molar-refractivity contribution in [3.8, 4) is 0 Å². The third-order valence-electron chi connectivity index (χ3n) is 4.22. The summed E-state index contributed by atoms with van der Waals surface area (Å²) in [7, 11) is 0. The van der Waals surface area contributed by atoms with E-state index in [1.807, 2.05) is 26.0 Å². The highest BCUT2D eigenvalue weighted by Crippen LogP contribution is 2.46. The molecule has 0 heterocycles. The maximum atomic E-state index is 11.5. The van der Waals surface area contributed by atoms with Crippen LogP contribution in [0.3, 0.4) is 0 Å². The quantitative estimate of drug-likeness (QED) is 0.862. The van der Waals surface area contributed by atoms with Crippen molar-refractivity contribution in [2.75, 3.05) is 0 Å². The van der Waals surface area contributed by atoms with Gasteiger partial charge in [-0.2, -0.15) is 0 Å². The average molecular weight is 310 g/mol. The zero-order valence-electron chi connectivity index (χ0n) is 13.1. The second-order valence-electron chi connectivity index (χ2n) is 7.13. The normalized spacial score (nSPS) is 21.3. The fraction of sp³-hybridized carbons (Fsp3) is 0.588. The monoisotopic (exact) mass is 309 g/mol. The zero-order chi connectivity index (χ0) is 15.8. The lowest BCUT2D eigenvalue weighted by molar-refractivity contribution is -0.140. The van der Waals surface area contributed by atoms with Crippen molar-refractivity contribution in [2.24, 2.45) is 11.3 Å². The molecule has 21 heavy (non-hydrogen) atoms. The van der Waals surface area contributed by atoms with E-state index in [0.717, 1.165) is 12.0 Å². The van der Waals surface area contributed by atoms with Crippen LogP contribution in [-0.2, 0) is 11.2 Å². The topological polar surface area (TPSA) is 49.3 Å². The highest BCUT2D eigenvalue weighted by molar-refractivity contribution is 6.30. The van der Waals surface area contributed by atoms with E-state index in [1.54, 1.807) is 0 Å². The molecule has 0 aromatic heterocycles. The van der Waals surface area contributed by atoms with Crippen molar-refractivity contribution >= 4 is 17.6 Å². The molecule has 0 bridgehead atoms. The van der Waals surface area contributed by atoms with Crippen LogP contribution in [0, 0.1) is 11.3 Å². The molecule has 2 rings (SSSR count). The molecular weight excluding hydrogens is 286 g/mol. The lowest BCUT2D eigenvalue weighted by Crippen LogP contribution is -2.43. The van der Waals surface area contributed by atoms with Gasteiger partial charge >= 0.3 is 5.97 Å². The first kappa shape index (κ1) is 16.3. The molecule has 2 unspecified atom stereocenters. The summed E-state index contributed by atoms with van der Waals surface area (Å²) in [5.74, 6) is -0.447. The van der Waals surface area contributed by atoms with Gasteiger partial charge in [0.05, 0.1) is 0 Å². The molecule has 116 valence electrons. The summed E-state index contributed by atoms with van der Waals surface area (Å²) < 4.78 is 0. The fourth-order valence-electron chi connectivity index (χ4n) is 3.24. The average Bonchev–Trinajstić information content (AvgIpc) is 2.59. The second kappa shape index (κ2) is 5.98. The molecule has 0 fully saturated rings. The Hall–Kier alpha value is -1.06. The van der Waals surface area contributed by atoms with Gasteiger partial charge in [-0.05, 0) is 47.4 Å². The van der Waals surface area contributed by atoms with Gasteiger partial charge in [0, 0.05) is 11.1 Å². The molecule has 1 aromatic carbocycles. The van der Waals surface area contributed by atoms with Gasteiger partial charge in [0.2, 0.25) is 0 Å². The molecule has 0 radical (unpaired) electrons. The summed E-state index contributed by atoms with van der Waals surface area (Å²) in [4.78, 5) is 11.5. The molecule has 0 amide bonds. The molecule has 0 saturated heterocycles. The minimum Gasteiger partial charge on any atom is -0.480 e. The summed E-state index contributed by atoms with van der Waals surface area (Å²) in [6, 6.07) is 5.42. The number of carboxylic acids is 1. The number of aliphatic carboxylic acids is 1. The highest BCUT2D eigenvalue weighted by Gasteiger charge is 2.40. The number of rotatable bonds is 5. The Labute approximate surface area is 131 Å². The minimum atomic E-state index is -0.782.